The lowest BCUT2D eigenvalue weighted by atomic mass is 9.94. The second-order valence-corrected chi connectivity index (χ2v) is 5.98. The lowest BCUT2D eigenvalue weighted by molar-refractivity contribution is 0.163. The van der Waals surface area contributed by atoms with E-state index in [0.29, 0.717) is 6.04 Å². The third-order valence-electron chi connectivity index (χ3n) is 4.15. The fraction of sp³-hybridized carbons (Fsp3) is 0.647. The highest BCUT2D eigenvalue weighted by atomic mass is 15.2. The van der Waals surface area contributed by atoms with Gasteiger partial charge in [-0.2, -0.15) is 0 Å². The summed E-state index contributed by atoms with van der Waals surface area (Å²) in [6, 6.07) is 10.0. The second-order valence-electron chi connectivity index (χ2n) is 5.98. The molecule has 1 aliphatic carbocycles. The first-order valence-corrected chi connectivity index (χ1v) is 7.72. The number of rotatable bonds is 7. The molecule has 1 aromatic carbocycles. The van der Waals surface area contributed by atoms with Crippen LogP contribution in [-0.4, -0.2) is 23.5 Å². The molecule has 1 aromatic rings. The zero-order chi connectivity index (χ0) is 13.8. The minimum absolute atomic E-state index is 0.179. The normalized spacial score (nSPS) is 18.6. The van der Waals surface area contributed by atoms with Crippen molar-refractivity contribution in [1.29, 1.82) is 0 Å². The summed E-state index contributed by atoms with van der Waals surface area (Å²) in [5, 5.41) is 0. The number of hydrogen-bond acceptors (Lipinski definition) is 2. The molecule has 0 radical (unpaired) electrons. The highest BCUT2D eigenvalue weighted by Gasteiger charge is 2.36. The third kappa shape index (κ3) is 3.58. The summed E-state index contributed by atoms with van der Waals surface area (Å²) in [4.78, 5) is 2.66. The van der Waals surface area contributed by atoms with Gasteiger partial charge in [0.25, 0.3) is 0 Å². The van der Waals surface area contributed by atoms with Crippen LogP contribution in [0.4, 0.5) is 0 Å². The minimum Gasteiger partial charge on any atom is -0.326 e. The monoisotopic (exact) mass is 260 g/mol. The van der Waals surface area contributed by atoms with E-state index >= 15 is 0 Å². The van der Waals surface area contributed by atoms with Crippen molar-refractivity contribution < 1.29 is 0 Å². The van der Waals surface area contributed by atoms with Gasteiger partial charge >= 0.3 is 0 Å². The molecule has 106 valence electrons. The smallest absolute Gasteiger partial charge is 0.0501 e. The molecule has 2 N–H and O–H groups in total. The zero-order valence-electron chi connectivity index (χ0n) is 12.6. The molecule has 0 aromatic heterocycles. The summed E-state index contributed by atoms with van der Waals surface area (Å²) >= 11 is 0. The van der Waals surface area contributed by atoms with Crippen LogP contribution in [0.3, 0.4) is 0 Å². The van der Waals surface area contributed by atoms with Gasteiger partial charge in [0.05, 0.1) is 6.04 Å². The molecule has 1 fully saturated rings. The van der Waals surface area contributed by atoms with Crippen LogP contribution in [0.1, 0.15) is 56.7 Å². The second kappa shape index (κ2) is 6.53. The molecule has 0 amide bonds. The average Bonchev–Trinajstić information content (AvgIpc) is 3.20. The number of hydrogen-bond donors (Lipinski definition) is 1. The van der Waals surface area contributed by atoms with Crippen molar-refractivity contribution in [3.8, 4) is 0 Å². The summed E-state index contributed by atoms with van der Waals surface area (Å²) in [6.45, 7) is 7.80. The summed E-state index contributed by atoms with van der Waals surface area (Å²) in [6.07, 6.45) is 5.21. The van der Waals surface area contributed by atoms with Gasteiger partial charge in [0.1, 0.15) is 0 Å². The maximum absolute atomic E-state index is 6.33. The summed E-state index contributed by atoms with van der Waals surface area (Å²) in [5.41, 5.74) is 9.12. The van der Waals surface area contributed by atoms with Crippen molar-refractivity contribution in [2.75, 3.05) is 6.54 Å². The Labute approximate surface area is 118 Å². The standard InChI is InChI=1S/C17H28N2/c1-4-5-12-19(15-10-11-15)17(14(3)18)16-9-7-6-8-13(16)2/h6-9,14-15,17H,4-5,10-12,18H2,1-3H3. The molecular weight excluding hydrogens is 232 g/mol. The Balaban J connectivity index is 2.24. The van der Waals surface area contributed by atoms with Crippen molar-refractivity contribution in [3.05, 3.63) is 35.4 Å². The molecule has 19 heavy (non-hydrogen) atoms. The van der Waals surface area contributed by atoms with E-state index in [9.17, 15) is 0 Å². The Bertz CT molecular complexity index is 396. The van der Waals surface area contributed by atoms with Crippen LogP contribution in [0.15, 0.2) is 24.3 Å². The van der Waals surface area contributed by atoms with Crippen LogP contribution < -0.4 is 5.73 Å². The molecule has 0 aliphatic heterocycles. The first-order chi connectivity index (χ1) is 9.15. The molecule has 2 nitrogen and oxygen atoms in total. The van der Waals surface area contributed by atoms with Crippen molar-refractivity contribution in [2.24, 2.45) is 5.73 Å². The van der Waals surface area contributed by atoms with Gasteiger partial charge < -0.3 is 5.73 Å². The first kappa shape index (κ1) is 14.5. The molecular formula is C17H28N2. The van der Waals surface area contributed by atoms with Gasteiger partial charge in [-0.1, -0.05) is 37.6 Å². The molecule has 2 rings (SSSR count). The molecule has 0 saturated heterocycles. The average molecular weight is 260 g/mol. The van der Waals surface area contributed by atoms with Crippen LogP contribution in [0.25, 0.3) is 0 Å². The summed E-state index contributed by atoms with van der Waals surface area (Å²) in [7, 11) is 0. The molecule has 2 atom stereocenters. The van der Waals surface area contributed by atoms with Gasteiger partial charge in [0.15, 0.2) is 0 Å². The van der Waals surface area contributed by atoms with Gasteiger partial charge in [0, 0.05) is 12.1 Å². The predicted molar refractivity (Wildman–Crippen MR) is 82.2 cm³/mol. The molecule has 0 bridgehead atoms. The first-order valence-electron chi connectivity index (χ1n) is 7.72. The van der Waals surface area contributed by atoms with E-state index in [4.69, 9.17) is 5.73 Å². The Morgan fingerprint density at radius 3 is 2.53 bits per heavy atom. The molecule has 2 heteroatoms. The van der Waals surface area contributed by atoms with Gasteiger partial charge in [-0.3, -0.25) is 4.90 Å². The largest absolute Gasteiger partial charge is 0.326 e. The Kier molecular flexibility index (Phi) is 5.00. The number of aryl methyl sites for hydroxylation is 1. The van der Waals surface area contributed by atoms with Crippen LogP contribution in [0, 0.1) is 6.92 Å². The predicted octanol–water partition coefficient (Wildman–Crippen LogP) is 3.65. The number of benzene rings is 1. The van der Waals surface area contributed by atoms with Gasteiger partial charge in [-0.15, -0.1) is 0 Å². The maximum Gasteiger partial charge on any atom is 0.0501 e. The molecule has 2 unspecified atom stereocenters. The van der Waals surface area contributed by atoms with Crippen molar-refractivity contribution in [2.45, 2.75) is 64.6 Å². The minimum atomic E-state index is 0.179. The van der Waals surface area contributed by atoms with Gasteiger partial charge in [-0.05, 0) is 50.8 Å². The fourth-order valence-corrected chi connectivity index (χ4v) is 2.98. The highest BCUT2D eigenvalue weighted by molar-refractivity contribution is 5.30. The van der Waals surface area contributed by atoms with Crippen LogP contribution in [0.2, 0.25) is 0 Å². The zero-order valence-corrected chi connectivity index (χ0v) is 12.6. The highest BCUT2D eigenvalue weighted by Crippen LogP contribution is 2.36. The Morgan fingerprint density at radius 1 is 1.32 bits per heavy atom. The number of nitrogens with zero attached hydrogens (tertiary/aromatic N) is 1. The van der Waals surface area contributed by atoms with Crippen molar-refractivity contribution in [1.82, 2.24) is 4.90 Å². The van der Waals surface area contributed by atoms with Crippen LogP contribution in [0.5, 0.6) is 0 Å². The van der Waals surface area contributed by atoms with Gasteiger partial charge in [0.2, 0.25) is 0 Å². The topological polar surface area (TPSA) is 29.3 Å². The van der Waals surface area contributed by atoms with Crippen LogP contribution in [-0.2, 0) is 0 Å². The van der Waals surface area contributed by atoms with E-state index in [1.165, 1.54) is 43.4 Å². The van der Waals surface area contributed by atoms with E-state index < -0.39 is 0 Å². The fourth-order valence-electron chi connectivity index (χ4n) is 2.98. The maximum atomic E-state index is 6.33. The molecule has 1 saturated carbocycles. The Hall–Kier alpha value is -0.860. The third-order valence-corrected chi connectivity index (χ3v) is 4.15. The van der Waals surface area contributed by atoms with Gasteiger partial charge in [-0.25, -0.2) is 0 Å². The van der Waals surface area contributed by atoms with E-state index in [1.54, 1.807) is 0 Å². The number of unbranched alkanes of at least 4 members (excludes halogenated alkanes) is 1. The molecule has 0 spiro atoms. The van der Waals surface area contributed by atoms with E-state index in [1.807, 2.05) is 0 Å². The Morgan fingerprint density at radius 2 is 2.00 bits per heavy atom. The summed E-state index contributed by atoms with van der Waals surface area (Å²) in [5.74, 6) is 0. The van der Waals surface area contributed by atoms with E-state index in [0.717, 1.165) is 6.04 Å². The van der Waals surface area contributed by atoms with Crippen LogP contribution >= 0.6 is 0 Å². The quantitative estimate of drug-likeness (QED) is 0.811. The van der Waals surface area contributed by atoms with Crippen molar-refractivity contribution >= 4 is 0 Å². The SMILES string of the molecule is CCCCN(C1CC1)C(c1ccccc1C)C(C)N. The lowest BCUT2D eigenvalue weighted by Gasteiger charge is -2.35. The number of nitrogens with two attached hydrogens (primary N) is 1. The molecule has 0 heterocycles. The van der Waals surface area contributed by atoms with E-state index in [2.05, 4.69) is 49.9 Å². The summed E-state index contributed by atoms with van der Waals surface area (Å²) < 4.78 is 0. The van der Waals surface area contributed by atoms with Crippen molar-refractivity contribution in [3.63, 3.8) is 0 Å². The van der Waals surface area contributed by atoms with E-state index in [-0.39, 0.29) is 6.04 Å². The lowest BCUT2D eigenvalue weighted by Crippen LogP contribution is -2.41. The molecule has 1 aliphatic rings.